The molecule has 0 aliphatic carbocycles. The van der Waals surface area contributed by atoms with E-state index in [0.717, 1.165) is 40.4 Å². The van der Waals surface area contributed by atoms with Crippen molar-refractivity contribution in [3.05, 3.63) is 93.7 Å². The van der Waals surface area contributed by atoms with Crippen molar-refractivity contribution in [1.82, 2.24) is 9.80 Å². The van der Waals surface area contributed by atoms with Crippen LogP contribution in [0.4, 0.5) is 0 Å². The van der Waals surface area contributed by atoms with Gasteiger partial charge in [-0.25, -0.2) is 9.79 Å². The Morgan fingerprint density at radius 3 is 2.54 bits per heavy atom. The van der Waals surface area contributed by atoms with Crippen LogP contribution in [0.3, 0.4) is 0 Å². The number of amidine groups is 1. The number of piperidine rings is 1. The molecular formula is C32H35N3O5S. The van der Waals surface area contributed by atoms with E-state index < -0.39 is 12.0 Å². The Balaban J connectivity index is 1.40. The lowest BCUT2D eigenvalue weighted by Crippen LogP contribution is -2.44. The average Bonchev–Trinajstić information content (AvgIpc) is 3.38. The van der Waals surface area contributed by atoms with Gasteiger partial charge in [-0.3, -0.25) is 9.59 Å². The SMILES string of the molecule is CCOC(=O)[C@H]1CCCN(C(=O)CC2=CSC3=NC(C)=C(C(=O)OCc4ccccc4)[C@@H](c4ccccc4C)N23)C1. The summed E-state index contributed by atoms with van der Waals surface area (Å²) in [6.45, 7) is 7.08. The Morgan fingerprint density at radius 1 is 1.02 bits per heavy atom. The van der Waals surface area contributed by atoms with Crippen molar-refractivity contribution in [2.45, 2.75) is 52.7 Å². The summed E-state index contributed by atoms with van der Waals surface area (Å²) in [6, 6.07) is 17.0. The fourth-order valence-electron chi connectivity index (χ4n) is 5.54. The smallest absolute Gasteiger partial charge is 0.338 e. The molecule has 3 aliphatic rings. The summed E-state index contributed by atoms with van der Waals surface area (Å²) in [7, 11) is 0. The van der Waals surface area contributed by atoms with Crippen molar-refractivity contribution in [1.29, 1.82) is 0 Å². The Kier molecular flexibility index (Phi) is 8.93. The lowest BCUT2D eigenvalue weighted by Gasteiger charge is -2.38. The summed E-state index contributed by atoms with van der Waals surface area (Å²) < 4.78 is 11.0. The first-order valence-electron chi connectivity index (χ1n) is 14.0. The van der Waals surface area contributed by atoms with Gasteiger partial charge in [0.05, 0.1) is 36.3 Å². The van der Waals surface area contributed by atoms with Crippen LogP contribution in [0, 0.1) is 12.8 Å². The minimum atomic E-state index is -0.491. The fourth-order valence-corrected chi connectivity index (χ4v) is 6.51. The van der Waals surface area contributed by atoms with Crippen LogP contribution in [0.2, 0.25) is 0 Å². The minimum absolute atomic E-state index is 0.0601. The number of rotatable bonds is 8. The predicted molar refractivity (Wildman–Crippen MR) is 158 cm³/mol. The van der Waals surface area contributed by atoms with Gasteiger partial charge in [-0.1, -0.05) is 66.4 Å². The van der Waals surface area contributed by atoms with E-state index in [-0.39, 0.29) is 30.8 Å². The highest BCUT2D eigenvalue weighted by atomic mass is 32.2. The summed E-state index contributed by atoms with van der Waals surface area (Å²) in [5, 5.41) is 2.67. The second-order valence-corrected chi connectivity index (χ2v) is 11.3. The molecule has 0 spiro atoms. The molecule has 3 heterocycles. The molecule has 3 aliphatic heterocycles. The zero-order chi connectivity index (χ0) is 28.9. The number of carbonyl (C=O) groups is 3. The summed E-state index contributed by atoms with van der Waals surface area (Å²) in [5.74, 6) is -1.04. The predicted octanol–water partition coefficient (Wildman–Crippen LogP) is 5.51. The van der Waals surface area contributed by atoms with Crippen molar-refractivity contribution in [2.24, 2.45) is 10.9 Å². The number of benzene rings is 2. The van der Waals surface area contributed by atoms with Gasteiger partial charge >= 0.3 is 11.9 Å². The Morgan fingerprint density at radius 2 is 1.78 bits per heavy atom. The van der Waals surface area contributed by atoms with E-state index in [1.54, 1.807) is 11.8 Å². The van der Waals surface area contributed by atoms with Crippen LogP contribution in [0.1, 0.15) is 55.8 Å². The molecule has 0 unspecified atom stereocenters. The monoisotopic (exact) mass is 573 g/mol. The van der Waals surface area contributed by atoms with Crippen LogP contribution in [0.5, 0.6) is 0 Å². The van der Waals surface area contributed by atoms with Crippen LogP contribution in [-0.4, -0.2) is 52.5 Å². The van der Waals surface area contributed by atoms with Gasteiger partial charge in [0.15, 0.2) is 5.17 Å². The molecule has 41 heavy (non-hydrogen) atoms. The molecule has 214 valence electrons. The van der Waals surface area contributed by atoms with Crippen molar-refractivity contribution in [3.8, 4) is 0 Å². The Bertz CT molecular complexity index is 1420. The van der Waals surface area contributed by atoms with Gasteiger partial charge in [-0.2, -0.15) is 0 Å². The van der Waals surface area contributed by atoms with E-state index in [2.05, 4.69) is 0 Å². The minimum Gasteiger partial charge on any atom is -0.466 e. The lowest BCUT2D eigenvalue weighted by atomic mass is 9.91. The maximum Gasteiger partial charge on any atom is 0.338 e. The number of esters is 2. The lowest BCUT2D eigenvalue weighted by molar-refractivity contribution is -0.151. The van der Waals surface area contributed by atoms with E-state index in [0.29, 0.717) is 31.0 Å². The summed E-state index contributed by atoms with van der Waals surface area (Å²) in [4.78, 5) is 48.1. The normalized spacial score (nSPS) is 20.3. The number of aliphatic imine (C=N–C) groups is 1. The first-order valence-corrected chi connectivity index (χ1v) is 14.9. The fraction of sp³-hybridized carbons (Fsp3) is 0.375. The van der Waals surface area contributed by atoms with Crippen molar-refractivity contribution >= 4 is 34.8 Å². The number of carbonyl (C=O) groups excluding carboxylic acids is 3. The summed E-state index contributed by atoms with van der Waals surface area (Å²) in [6.07, 6.45) is 1.61. The van der Waals surface area contributed by atoms with Gasteiger partial charge < -0.3 is 19.3 Å². The topological polar surface area (TPSA) is 88.5 Å². The third kappa shape index (κ3) is 6.25. The molecule has 1 fully saturated rings. The molecule has 5 rings (SSSR count). The van der Waals surface area contributed by atoms with Crippen LogP contribution in [-0.2, 0) is 30.5 Å². The van der Waals surface area contributed by atoms with E-state index >= 15 is 0 Å². The third-order valence-corrected chi connectivity index (χ3v) is 8.53. The number of amides is 1. The Labute approximate surface area is 245 Å². The molecule has 0 aromatic heterocycles. The number of allylic oxidation sites excluding steroid dienone is 1. The van der Waals surface area contributed by atoms with Gasteiger partial charge in [0, 0.05) is 18.8 Å². The molecule has 9 heteroatoms. The zero-order valence-corrected chi connectivity index (χ0v) is 24.5. The van der Waals surface area contributed by atoms with Crippen LogP contribution in [0.25, 0.3) is 0 Å². The van der Waals surface area contributed by atoms with Gasteiger partial charge in [-0.15, -0.1) is 0 Å². The number of hydrogen-bond donors (Lipinski definition) is 0. The van der Waals surface area contributed by atoms with Crippen LogP contribution >= 0.6 is 11.8 Å². The van der Waals surface area contributed by atoms with Gasteiger partial charge in [0.1, 0.15) is 6.61 Å². The molecule has 0 radical (unpaired) electrons. The highest BCUT2D eigenvalue weighted by Gasteiger charge is 2.42. The van der Waals surface area contributed by atoms with Gasteiger partial charge in [0.25, 0.3) is 0 Å². The van der Waals surface area contributed by atoms with Crippen molar-refractivity contribution in [2.75, 3.05) is 19.7 Å². The number of ether oxygens (including phenoxy) is 2. The third-order valence-electron chi connectivity index (χ3n) is 7.64. The molecule has 0 N–H and O–H groups in total. The second-order valence-electron chi connectivity index (χ2n) is 10.4. The van der Waals surface area contributed by atoms with Crippen molar-refractivity contribution in [3.63, 3.8) is 0 Å². The van der Waals surface area contributed by atoms with Crippen LogP contribution in [0.15, 0.2) is 82.0 Å². The maximum absolute atomic E-state index is 13.7. The first-order chi connectivity index (χ1) is 19.9. The maximum atomic E-state index is 13.7. The second kappa shape index (κ2) is 12.8. The van der Waals surface area contributed by atoms with Crippen molar-refractivity contribution < 1.29 is 23.9 Å². The first kappa shape index (κ1) is 28.7. The van der Waals surface area contributed by atoms with E-state index in [4.69, 9.17) is 14.5 Å². The largest absolute Gasteiger partial charge is 0.466 e. The molecule has 1 amide bonds. The Hall–Kier alpha value is -3.85. The molecule has 2 atom stereocenters. The number of likely N-dealkylation sites (tertiary alicyclic amines) is 1. The average molecular weight is 574 g/mol. The molecule has 2 aromatic carbocycles. The van der Waals surface area contributed by atoms with E-state index in [1.807, 2.05) is 78.8 Å². The molecule has 0 saturated carbocycles. The van der Waals surface area contributed by atoms with E-state index in [9.17, 15) is 14.4 Å². The number of nitrogens with zero attached hydrogens (tertiary/aromatic N) is 3. The summed E-state index contributed by atoms with van der Waals surface area (Å²) >= 11 is 1.45. The molecule has 2 aromatic rings. The zero-order valence-electron chi connectivity index (χ0n) is 23.7. The standard InChI is InChI=1S/C32H35N3O5S/c1-4-39-30(37)24-14-10-16-34(18-24)27(36)17-25-20-41-32-33-22(3)28(31(38)40-19-23-12-6-5-7-13-23)29(35(25)32)26-15-9-8-11-21(26)2/h5-9,11-13,15,20,24,29H,4,10,14,16-19H2,1-3H3/t24-,29+/m0/s1. The highest BCUT2D eigenvalue weighted by Crippen LogP contribution is 2.45. The number of fused-ring (bicyclic) bond motifs is 1. The van der Waals surface area contributed by atoms with Crippen LogP contribution < -0.4 is 0 Å². The number of aryl methyl sites for hydroxylation is 1. The van der Waals surface area contributed by atoms with E-state index in [1.165, 1.54) is 11.8 Å². The summed E-state index contributed by atoms with van der Waals surface area (Å²) in [5.41, 5.74) is 4.70. The number of thioether (sulfide) groups is 1. The number of hydrogen-bond acceptors (Lipinski definition) is 8. The molecular weight excluding hydrogens is 538 g/mol. The quantitative estimate of drug-likeness (QED) is 0.385. The molecule has 8 nitrogen and oxygen atoms in total. The molecule has 1 saturated heterocycles. The van der Waals surface area contributed by atoms with Gasteiger partial charge in [0.2, 0.25) is 5.91 Å². The molecule has 0 bridgehead atoms. The highest BCUT2D eigenvalue weighted by molar-refractivity contribution is 8.16. The van der Waals surface area contributed by atoms with Gasteiger partial charge in [-0.05, 0) is 55.7 Å².